The number of benzene rings is 2. The fourth-order valence-electron chi connectivity index (χ4n) is 4.87. The predicted molar refractivity (Wildman–Crippen MR) is 112 cm³/mol. The Bertz CT molecular complexity index is 1000. The lowest BCUT2D eigenvalue weighted by Gasteiger charge is -2.20. The molecule has 0 spiro atoms. The second kappa shape index (κ2) is 7.38. The summed E-state index contributed by atoms with van der Waals surface area (Å²) in [6, 6.07) is 7.98. The van der Waals surface area contributed by atoms with E-state index in [1.165, 1.54) is 11.6 Å². The molecule has 4 rings (SSSR count). The largest absolute Gasteiger partial charge is 0.326 e. The first kappa shape index (κ1) is 20.3. The van der Waals surface area contributed by atoms with Crippen LogP contribution in [0.25, 0.3) is 0 Å². The highest BCUT2D eigenvalue weighted by Gasteiger charge is 2.38. The summed E-state index contributed by atoms with van der Waals surface area (Å²) in [4.78, 5) is 26.3. The molecule has 1 fully saturated rings. The molecule has 2 aromatic carbocycles. The van der Waals surface area contributed by atoms with Gasteiger partial charge in [0, 0.05) is 12.2 Å². The molecule has 3 amide bonds. The summed E-state index contributed by atoms with van der Waals surface area (Å²) < 4.78 is 28.1. The summed E-state index contributed by atoms with van der Waals surface area (Å²) >= 11 is 0. The summed E-state index contributed by atoms with van der Waals surface area (Å²) in [7, 11) is 0. The maximum Gasteiger partial charge on any atom is 0.319 e. The first-order valence-corrected chi connectivity index (χ1v) is 10.2. The standard InChI is InChI=1S/C23H25F2N3O2/c1-13-12-23(2,3)14-6-4-9-17(19(13)14)26-22(30)27-18-10-11-28(21(18)29)20-15(24)7-5-8-16(20)25/h4-9,13,18H,10-12H2,1-3H3,(H2,26,27,30). The van der Waals surface area contributed by atoms with Gasteiger partial charge in [-0.25, -0.2) is 13.6 Å². The number of nitrogens with one attached hydrogen (secondary N) is 2. The van der Waals surface area contributed by atoms with E-state index in [0.717, 1.165) is 34.7 Å². The average molecular weight is 413 g/mol. The second-order valence-electron chi connectivity index (χ2n) is 8.76. The molecule has 2 N–H and O–H groups in total. The van der Waals surface area contributed by atoms with Crippen LogP contribution in [-0.4, -0.2) is 24.5 Å². The Morgan fingerprint density at radius 1 is 1.13 bits per heavy atom. The highest BCUT2D eigenvalue weighted by molar-refractivity contribution is 6.03. The minimum atomic E-state index is -0.838. The van der Waals surface area contributed by atoms with Crippen molar-refractivity contribution in [2.75, 3.05) is 16.8 Å². The van der Waals surface area contributed by atoms with Gasteiger partial charge in [-0.05, 0) is 53.5 Å². The highest BCUT2D eigenvalue weighted by atomic mass is 19.1. The van der Waals surface area contributed by atoms with Crippen molar-refractivity contribution >= 4 is 23.3 Å². The lowest BCUT2D eigenvalue weighted by Crippen LogP contribution is -2.43. The molecule has 1 aliphatic carbocycles. The van der Waals surface area contributed by atoms with E-state index >= 15 is 0 Å². The molecule has 2 aromatic rings. The Labute approximate surface area is 174 Å². The number of para-hydroxylation sites is 1. The number of carbonyl (C=O) groups excluding carboxylic acids is 2. The normalized spacial score (nSPS) is 22.2. The molecule has 0 radical (unpaired) electrons. The van der Waals surface area contributed by atoms with Crippen molar-refractivity contribution in [2.45, 2.75) is 51.0 Å². The first-order chi connectivity index (χ1) is 14.2. The molecule has 2 unspecified atom stereocenters. The van der Waals surface area contributed by atoms with Crippen LogP contribution in [0.5, 0.6) is 0 Å². The summed E-state index contributed by atoms with van der Waals surface area (Å²) in [5.74, 6) is -1.82. The number of amides is 3. The van der Waals surface area contributed by atoms with Gasteiger partial charge in [-0.15, -0.1) is 0 Å². The third-order valence-corrected chi connectivity index (χ3v) is 6.11. The molecule has 30 heavy (non-hydrogen) atoms. The topological polar surface area (TPSA) is 61.4 Å². The van der Waals surface area contributed by atoms with E-state index in [-0.39, 0.29) is 24.1 Å². The number of carbonyl (C=O) groups is 2. The quantitative estimate of drug-likeness (QED) is 0.768. The maximum absolute atomic E-state index is 14.0. The van der Waals surface area contributed by atoms with Gasteiger partial charge in [-0.3, -0.25) is 4.79 Å². The number of hydrogen-bond donors (Lipinski definition) is 2. The van der Waals surface area contributed by atoms with Crippen LogP contribution < -0.4 is 15.5 Å². The zero-order chi connectivity index (χ0) is 21.6. The third-order valence-electron chi connectivity index (χ3n) is 6.11. The molecule has 158 valence electrons. The molecular formula is C23H25F2N3O2. The van der Waals surface area contributed by atoms with E-state index in [0.29, 0.717) is 5.92 Å². The van der Waals surface area contributed by atoms with Crippen molar-refractivity contribution in [1.82, 2.24) is 5.32 Å². The van der Waals surface area contributed by atoms with Gasteiger partial charge in [-0.2, -0.15) is 0 Å². The van der Waals surface area contributed by atoms with Crippen molar-refractivity contribution in [3.05, 3.63) is 59.2 Å². The lowest BCUT2D eigenvalue weighted by atomic mass is 9.86. The number of urea groups is 1. The first-order valence-electron chi connectivity index (χ1n) is 10.2. The Kier molecular flexibility index (Phi) is 5.00. The molecule has 0 aromatic heterocycles. The molecule has 7 heteroatoms. The van der Waals surface area contributed by atoms with Crippen molar-refractivity contribution in [3.63, 3.8) is 0 Å². The van der Waals surface area contributed by atoms with Crippen molar-refractivity contribution in [1.29, 1.82) is 0 Å². The fourth-order valence-corrected chi connectivity index (χ4v) is 4.87. The number of hydrogen-bond acceptors (Lipinski definition) is 2. The van der Waals surface area contributed by atoms with Crippen LogP contribution in [0.4, 0.5) is 25.0 Å². The van der Waals surface area contributed by atoms with Crippen LogP contribution in [0.3, 0.4) is 0 Å². The van der Waals surface area contributed by atoms with E-state index in [1.54, 1.807) is 0 Å². The average Bonchev–Trinajstić information content (AvgIpc) is 3.13. The minimum absolute atomic E-state index is 0.0364. The van der Waals surface area contributed by atoms with Crippen LogP contribution >= 0.6 is 0 Å². The molecule has 5 nitrogen and oxygen atoms in total. The number of fused-ring (bicyclic) bond motifs is 1. The Balaban J connectivity index is 1.48. The van der Waals surface area contributed by atoms with Crippen LogP contribution in [0, 0.1) is 11.6 Å². The second-order valence-corrected chi connectivity index (χ2v) is 8.76. The maximum atomic E-state index is 14.0. The fraction of sp³-hybridized carbons (Fsp3) is 0.391. The minimum Gasteiger partial charge on any atom is -0.326 e. The van der Waals surface area contributed by atoms with Gasteiger partial charge in [0.15, 0.2) is 0 Å². The van der Waals surface area contributed by atoms with Crippen molar-refractivity contribution in [2.24, 2.45) is 0 Å². The zero-order valence-corrected chi connectivity index (χ0v) is 17.3. The Hall–Kier alpha value is -2.96. The van der Waals surface area contributed by atoms with E-state index < -0.39 is 29.6 Å². The van der Waals surface area contributed by atoms with Crippen LogP contribution in [0.15, 0.2) is 36.4 Å². The molecule has 0 saturated carbocycles. The monoisotopic (exact) mass is 413 g/mol. The van der Waals surface area contributed by atoms with Gasteiger partial charge >= 0.3 is 6.03 Å². The number of nitrogens with zero attached hydrogens (tertiary/aromatic N) is 1. The van der Waals surface area contributed by atoms with Gasteiger partial charge in [0.05, 0.1) is 0 Å². The smallest absolute Gasteiger partial charge is 0.319 e. The van der Waals surface area contributed by atoms with Gasteiger partial charge < -0.3 is 15.5 Å². The summed E-state index contributed by atoms with van der Waals surface area (Å²) in [6.45, 7) is 6.64. The lowest BCUT2D eigenvalue weighted by molar-refractivity contribution is -0.118. The predicted octanol–water partition coefficient (Wildman–Crippen LogP) is 4.68. The summed E-state index contributed by atoms with van der Waals surface area (Å²) in [5.41, 5.74) is 2.72. The van der Waals surface area contributed by atoms with Crippen LogP contribution in [0.1, 0.15) is 50.7 Å². The molecule has 2 aliphatic rings. The third kappa shape index (κ3) is 3.42. The van der Waals surface area contributed by atoms with Gasteiger partial charge in [0.2, 0.25) is 5.91 Å². The van der Waals surface area contributed by atoms with Crippen LogP contribution in [-0.2, 0) is 10.2 Å². The SMILES string of the molecule is CC1CC(C)(C)c2cccc(NC(=O)NC3CCN(c4c(F)cccc4F)C3=O)c21. The molecule has 1 aliphatic heterocycles. The number of halogens is 2. The molecule has 2 atom stereocenters. The van der Waals surface area contributed by atoms with E-state index in [9.17, 15) is 18.4 Å². The Morgan fingerprint density at radius 3 is 2.50 bits per heavy atom. The molecular weight excluding hydrogens is 388 g/mol. The van der Waals surface area contributed by atoms with Gasteiger partial charge in [0.1, 0.15) is 23.4 Å². The number of anilines is 2. The van der Waals surface area contributed by atoms with E-state index in [1.807, 2.05) is 12.1 Å². The van der Waals surface area contributed by atoms with E-state index in [4.69, 9.17) is 0 Å². The van der Waals surface area contributed by atoms with Crippen LogP contribution in [0.2, 0.25) is 0 Å². The number of rotatable bonds is 3. The Morgan fingerprint density at radius 2 is 1.80 bits per heavy atom. The molecule has 1 heterocycles. The summed E-state index contributed by atoms with van der Waals surface area (Å²) in [5, 5.41) is 5.52. The summed E-state index contributed by atoms with van der Waals surface area (Å²) in [6.07, 6.45) is 1.27. The van der Waals surface area contributed by atoms with Crippen molar-refractivity contribution < 1.29 is 18.4 Å². The van der Waals surface area contributed by atoms with Gasteiger partial charge in [-0.1, -0.05) is 39.0 Å². The van der Waals surface area contributed by atoms with Crippen molar-refractivity contribution in [3.8, 4) is 0 Å². The molecule has 1 saturated heterocycles. The van der Waals surface area contributed by atoms with E-state index in [2.05, 4.69) is 37.5 Å². The highest BCUT2D eigenvalue weighted by Crippen LogP contribution is 2.48. The molecule has 0 bridgehead atoms. The zero-order valence-electron chi connectivity index (χ0n) is 17.3. The van der Waals surface area contributed by atoms with Gasteiger partial charge in [0.25, 0.3) is 0 Å².